The Morgan fingerprint density at radius 1 is 1.04 bits per heavy atom. The third-order valence-corrected chi connectivity index (χ3v) is 4.05. The molecule has 25 heavy (non-hydrogen) atoms. The fourth-order valence-electron chi connectivity index (χ4n) is 2.74. The van der Waals surface area contributed by atoms with Gasteiger partial charge in [0.05, 0.1) is 0 Å². The van der Waals surface area contributed by atoms with Gasteiger partial charge in [-0.3, -0.25) is 0 Å². The van der Waals surface area contributed by atoms with Crippen molar-refractivity contribution in [3.05, 3.63) is 88.9 Å². The van der Waals surface area contributed by atoms with Gasteiger partial charge in [-0.2, -0.15) is 0 Å². The summed E-state index contributed by atoms with van der Waals surface area (Å²) in [6.07, 6.45) is 4.63. The summed E-state index contributed by atoms with van der Waals surface area (Å²) < 4.78 is 13.1. The van der Waals surface area contributed by atoms with Crippen molar-refractivity contribution in [2.75, 3.05) is 0 Å². The van der Waals surface area contributed by atoms with Gasteiger partial charge in [-0.1, -0.05) is 70.2 Å². The Kier molecular flexibility index (Phi) is 8.69. The van der Waals surface area contributed by atoms with Gasteiger partial charge in [-0.15, -0.1) is 0 Å². The van der Waals surface area contributed by atoms with Crippen LogP contribution in [-0.2, 0) is 6.42 Å². The van der Waals surface area contributed by atoms with Crippen LogP contribution in [0.2, 0.25) is 0 Å². The molecule has 0 fully saturated rings. The van der Waals surface area contributed by atoms with Crippen molar-refractivity contribution in [1.29, 1.82) is 0 Å². The zero-order valence-electron chi connectivity index (χ0n) is 16.0. The van der Waals surface area contributed by atoms with Crippen LogP contribution in [0.15, 0.2) is 66.4 Å². The van der Waals surface area contributed by atoms with Crippen molar-refractivity contribution < 1.29 is 4.39 Å². The number of rotatable bonds is 5. The maximum Gasteiger partial charge on any atom is 0.123 e. The molecule has 1 nitrogen and oxygen atoms in total. The highest BCUT2D eigenvalue weighted by molar-refractivity contribution is 5.78. The number of hydrogen-bond acceptors (Lipinski definition) is 1. The predicted molar refractivity (Wildman–Crippen MR) is 108 cm³/mol. The Balaban J connectivity index is 0.00000151. The molecule has 0 saturated carbocycles. The molecule has 0 unspecified atom stereocenters. The lowest BCUT2D eigenvalue weighted by Crippen LogP contribution is -1.97. The molecule has 2 aromatic rings. The summed E-state index contributed by atoms with van der Waals surface area (Å²) >= 11 is 0. The van der Waals surface area contributed by atoms with Crippen LogP contribution in [0.25, 0.3) is 5.57 Å². The standard InChI is InChI=1S/C21H24FN.C2H6/c1-15(2)20-7-5-4-6-17(20)9-8-16(3)21(14-23)18-10-12-19(22)13-11-18;1-2/h4-8,10-15H,9,23H2,1-3H3;1-2H3/b16-8-,21-14+;. The summed E-state index contributed by atoms with van der Waals surface area (Å²) in [4.78, 5) is 0. The van der Waals surface area contributed by atoms with Gasteiger partial charge >= 0.3 is 0 Å². The minimum atomic E-state index is -0.238. The number of nitrogens with two attached hydrogens (primary N) is 1. The number of allylic oxidation sites excluding steroid dienone is 3. The molecule has 0 saturated heterocycles. The molecule has 0 radical (unpaired) electrons. The molecule has 0 bridgehead atoms. The Morgan fingerprint density at radius 2 is 1.64 bits per heavy atom. The second-order valence-corrected chi connectivity index (χ2v) is 6.03. The molecule has 2 aromatic carbocycles. The van der Waals surface area contributed by atoms with Crippen molar-refractivity contribution >= 4 is 5.57 Å². The third kappa shape index (κ3) is 5.90. The van der Waals surface area contributed by atoms with E-state index in [4.69, 9.17) is 5.73 Å². The third-order valence-electron chi connectivity index (χ3n) is 4.05. The molecule has 2 N–H and O–H groups in total. The normalized spacial score (nSPS) is 12.0. The summed E-state index contributed by atoms with van der Waals surface area (Å²) in [5.41, 5.74) is 11.5. The second kappa shape index (κ2) is 10.5. The number of benzene rings is 2. The molecule has 0 amide bonds. The highest BCUT2D eigenvalue weighted by Crippen LogP contribution is 2.24. The van der Waals surface area contributed by atoms with Gasteiger partial charge in [-0.25, -0.2) is 4.39 Å². The van der Waals surface area contributed by atoms with E-state index < -0.39 is 0 Å². The molecular formula is C23H30FN. The number of halogens is 1. The SMILES string of the molecule is CC.CC(=C/Cc1ccccc1C(C)C)/C(=C\N)c1ccc(F)cc1. The van der Waals surface area contributed by atoms with Crippen molar-refractivity contribution in [1.82, 2.24) is 0 Å². The van der Waals surface area contributed by atoms with E-state index >= 15 is 0 Å². The minimum absolute atomic E-state index is 0.238. The molecule has 2 heteroatoms. The van der Waals surface area contributed by atoms with E-state index in [2.05, 4.69) is 44.2 Å². The van der Waals surface area contributed by atoms with Crippen LogP contribution in [0.3, 0.4) is 0 Å². The summed E-state index contributed by atoms with van der Waals surface area (Å²) in [5.74, 6) is 0.263. The van der Waals surface area contributed by atoms with Crippen LogP contribution in [0.5, 0.6) is 0 Å². The summed E-state index contributed by atoms with van der Waals surface area (Å²) in [7, 11) is 0. The van der Waals surface area contributed by atoms with Crippen molar-refractivity contribution in [2.24, 2.45) is 5.73 Å². The van der Waals surface area contributed by atoms with Crippen LogP contribution in [0.1, 0.15) is 57.2 Å². The van der Waals surface area contributed by atoms with E-state index in [1.807, 2.05) is 20.8 Å². The van der Waals surface area contributed by atoms with Crippen LogP contribution in [0, 0.1) is 5.82 Å². The quantitative estimate of drug-likeness (QED) is 0.621. The zero-order chi connectivity index (χ0) is 18.8. The van der Waals surface area contributed by atoms with Crippen LogP contribution >= 0.6 is 0 Å². The van der Waals surface area contributed by atoms with E-state index in [0.29, 0.717) is 5.92 Å². The van der Waals surface area contributed by atoms with Crippen molar-refractivity contribution in [3.63, 3.8) is 0 Å². The van der Waals surface area contributed by atoms with E-state index in [-0.39, 0.29) is 5.82 Å². The average molecular weight is 339 g/mol. The Labute approximate surface area is 152 Å². The van der Waals surface area contributed by atoms with Crippen molar-refractivity contribution in [2.45, 2.75) is 47.0 Å². The van der Waals surface area contributed by atoms with Gasteiger partial charge in [0.1, 0.15) is 5.82 Å². The first kappa shape index (κ1) is 20.7. The minimum Gasteiger partial charge on any atom is -0.404 e. The van der Waals surface area contributed by atoms with Gasteiger partial charge in [0.15, 0.2) is 0 Å². The maximum atomic E-state index is 13.1. The Morgan fingerprint density at radius 3 is 2.20 bits per heavy atom. The van der Waals surface area contributed by atoms with E-state index in [1.54, 1.807) is 18.3 Å². The first-order valence-corrected chi connectivity index (χ1v) is 8.95. The lowest BCUT2D eigenvalue weighted by Gasteiger charge is -2.12. The Bertz CT molecular complexity index is 709. The van der Waals surface area contributed by atoms with Gasteiger partial charge in [-0.05, 0) is 59.2 Å². The fourth-order valence-corrected chi connectivity index (χ4v) is 2.74. The maximum absolute atomic E-state index is 13.1. The van der Waals surface area contributed by atoms with Crippen LogP contribution < -0.4 is 5.73 Å². The van der Waals surface area contributed by atoms with Gasteiger partial charge in [0, 0.05) is 6.20 Å². The largest absolute Gasteiger partial charge is 0.404 e. The summed E-state index contributed by atoms with van der Waals surface area (Å²) in [5, 5.41) is 0. The lowest BCUT2D eigenvalue weighted by molar-refractivity contribution is 0.627. The van der Waals surface area contributed by atoms with E-state index in [0.717, 1.165) is 23.1 Å². The first-order valence-electron chi connectivity index (χ1n) is 8.95. The lowest BCUT2D eigenvalue weighted by atomic mass is 9.93. The molecule has 0 aliphatic carbocycles. The first-order chi connectivity index (χ1) is 12.0. The van der Waals surface area contributed by atoms with Gasteiger partial charge < -0.3 is 5.73 Å². The molecule has 2 rings (SSSR count). The average Bonchev–Trinajstić information content (AvgIpc) is 2.64. The molecule has 0 aromatic heterocycles. The summed E-state index contributed by atoms with van der Waals surface area (Å²) in [6, 6.07) is 14.9. The topological polar surface area (TPSA) is 26.0 Å². The highest BCUT2D eigenvalue weighted by Gasteiger charge is 2.07. The van der Waals surface area contributed by atoms with Crippen LogP contribution in [0.4, 0.5) is 4.39 Å². The highest BCUT2D eigenvalue weighted by atomic mass is 19.1. The molecule has 0 heterocycles. The van der Waals surface area contributed by atoms with Crippen molar-refractivity contribution in [3.8, 4) is 0 Å². The predicted octanol–water partition coefficient (Wildman–Crippen LogP) is 6.46. The Hall–Kier alpha value is -2.35. The van der Waals surface area contributed by atoms with E-state index in [9.17, 15) is 4.39 Å². The summed E-state index contributed by atoms with van der Waals surface area (Å²) in [6.45, 7) is 10.5. The second-order valence-electron chi connectivity index (χ2n) is 6.03. The molecular weight excluding hydrogens is 309 g/mol. The number of hydrogen-bond donors (Lipinski definition) is 1. The van der Waals surface area contributed by atoms with Gasteiger partial charge in [0.2, 0.25) is 0 Å². The molecule has 0 aliphatic rings. The monoisotopic (exact) mass is 339 g/mol. The molecule has 0 aliphatic heterocycles. The van der Waals surface area contributed by atoms with Gasteiger partial charge in [0.25, 0.3) is 0 Å². The fraction of sp³-hybridized carbons (Fsp3) is 0.304. The molecule has 0 atom stereocenters. The van der Waals surface area contributed by atoms with Crippen LogP contribution in [-0.4, -0.2) is 0 Å². The molecule has 0 spiro atoms. The van der Waals surface area contributed by atoms with E-state index in [1.165, 1.54) is 23.3 Å². The smallest absolute Gasteiger partial charge is 0.123 e. The zero-order valence-corrected chi connectivity index (χ0v) is 16.0. The molecule has 134 valence electrons.